The van der Waals surface area contributed by atoms with Crippen molar-refractivity contribution < 1.29 is 9.53 Å². The van der Waals surface area contributed by atoms with Crippen molar-refractivity contribution >= 4 is 29.3 Å². The minimum Gasteiger partial charge on any atom is -0.372 e. The maximum atomic E-state index is 11.9. The van der Waals surface area contributed by atoms with Gasteiger partial charge in [-0.3, -0.25) is 15.0 Å². The molecule has 0 unspecified atom stereocenters. The first-order valence-corrected chi connectivity index (χ1v) is 7.79. The molecule has 2 rings (SSSR count). The Morgan fingerprint density at radius 1 is 1.64 bits per heavy atom. The number of aliphatic imine (C=N–C) groups is 2. The lowest BCUT2D eigenvalue weighted by molar-refractivity contribution is -0.124. The van der Waals surface area contributed by atoms with E-state index < -0.39 is 0 Å². The molecule has 0 radical (unpaired) electrons. The topological polar surface area (TPSA) is 66.3 Å². The summed E-state index contributed by atoms with van der Waals surface area (Å²) < 4.78 is 5.11. The van der Waals surface area contributed by atoms with Crippen molar-refractivity contribution in [2.75, 3.05) is 13.2 Å². The van der Waals surface area contributed by atoms with Crippen molar-refractivity contribution in [3.05, 3.63) is 23.5 Å². The molecule has 1 aliphatic heterocycles. The number of hydrogen-bond donors (Lipinski definition) is 1. The average molecular weight is 325 g/mol. The molecule has 22 heavy (non-hydrogen) atoms. The lowest BCUT2D eigenvalue weighted by Gasteiger charge is -2.36. The van der Waals surface area contributed by atoms with Gasteiger partial charge in [-0.05, 0) is 33.1 Å². The summed E-state index contributed by atoms with van der Waals surface area (Å²) in [6, 6.07) is 0.269. The van der Waals surface area contributed by atoms with Crippen LogP contribution in [-0.4, -0.2) is 41.9 Å². The predicted molar refractivity (Wildman–Crippen MR) is 87.7 cm³/mol. The minimum absolute atomic E-state index is 0.00258. The highest BCUT2D eigenvalue weighted by Crippen LogP contribution is 2.30. The molecule has 0 spiro atoms. The molecule has 7 heteroatoms. The monoisotopic (exact) mass is 324 g/mol. The molecular formula is C15H21ClN4O2. The summed E-state index contributed by atoms with van der Waals surface area (Å²) in [7, 11) is 0. The fourth-order valence-corrected chi connectivity index (χ4v) is 2.27. The van der Waals surface area contributed by atoms with Crippen molar-refractivity contribution in [3.8, 4) is 0 Å². The van der Waals surface area contributed by atoms with Crippen LogP contribution in [0.15, 0.2) is 33.5 Å². The quantitative estimate of drug-likeness (QED) is 0.790. The summed E-state index contributed by atoms with van der Waals surface area (Å²) in [4.78, 5) is 22.5. The Morgan fingerprint density at radius 2 is 2.36 bits per heavy atom. The number of nitrogens with zero attached hydrogens (tertiary/aromatic N) is 3. The molecule has 1 amide bonds. The number of carbonyl (C=O) groups excluding carboxylic acids is 1. The van der Waals surface area contributed by atoms with Crippen molar-refractivity contribution in [2.45, 2.75) is 39.2 Å². The number of guanidine groups is 1. The van der Waals surface area contributed by atoms with E-state index in [4.69, 9.17) is 16.3 Å². The Balaban J connectivity index is 2.17. The van der Waals surface area contributed by atoms with Gasteiger partial charge in [0.2, 0.25) is 5.96 Å². The maximum absolute atomic E-state index is 11.9. The summed E-state index contributed by atoms with van der Waals surface area (Å²) >= 11 is 6.01. The molecule has 0 saturated heterocycles. The Morgan fingerprint density at radius 3 is 2.91 bits per heavy atom. The first-order chi connectivity index (χ1) is 10.6. The molecule has 0 aromatic carbocycles. The Bertz CT molecular complexity index is 550. The third-order valence-corrected chi connectivity index (χ3v) is 3.84. The second-order valence-corrected chi connectivity index (χ2v) is 5.46. The molecule has 1 aliphatic carbocycles. The first kappa shape index (κ1) is 16.7. The van der Waals surface area contributed by atoms with Crippen LogP contribution in [-0.2, 0) is 9.53 Å². The third-order valence-electron chi connectivity index (χ3n) is 3.53. The molecule has 1 heterocycles. The van der Waals surface area contributed by atoms with Gasteiger partial charge in [-0.2, -0.15) is 0 Å². The number of ether oxygens (including phenoxy) is 1. The Kier molecular flexibility index (Phi) is 5.74. The number of allylic oxidation sites excluding steroid dienone is 1. The number of amidine groups is 1. The number of amides is 1. The number of halogens is 1. The van der Waals surface area contributed by atoms with Gasteiger partial charge in [0.25, 0.3) is 5.91 Å². The summed E-state index contributed by atoms with van der Waals surface area (Å²) in [5.74, 6) is 0.814. The van der Waals surface area contributed by atoms with Crippen LogP contribution in [0.5, 0.6) is 0 Å². The second kappa shape index (κ2) is 7.56. The normalized spacial score (nSPS) is 21.1. The van der Waals surface area contributed by atoms with Gasteiger partial charge in [0.1, 0.15) is 17.5 Å². The van der Waals surface area contributed by atoms with Crippen LogP contribution >= 0.6 is 11.6 Å². The molecule has 1 saturated carbocycles. The lowest BCUT2D eigenvalue weighted by atomic mass is 9.91. The second-order valence-electron chi connectivity index (χ2n) is 5.07. The third kappa shape index (κ3) is 3.75. The zero-order valence-electron chi connectivity index (χ0n) is 12.9. The van der Waals surface area contributed by atoms with E-state index in [1.165, 1.54) is 0 Å². The van der Waals surface area contributed by atoms with E-state index in [1.807, 2.05) is 18.7 Å². The molecule has 6 nitrogen and oxygen atoms in total. The lowest BCUT2D eigenvalue weighted by Crippen LogP contribution is -2.51. The van der Waals surface area contributed by atoms with Crippen molar-refractivity contribution in [1.82, 2.24) is 10.2 Å². The standard InChI is InChI=1S/C15H21ClN4O2/c1-4-12(16)18-14-10(3)17-15(19-13(21)9-22-5-2)20(14)11-7-6-8-11/h4,11H,3,5-9H2,1-2H3,(H,17,19,21)/b12-4-,18-14+. The molecule has 1 fully saturated rings. The zero-order chi connectivity index (χ0) is 16.1. The zero-order valence-corrected chi connectivity index (χ0v) is 13.7. The van der Waals surface area contributed by atoms with Crippen LogP contribution in [0.3, 0.4) is 0 Å². The van der Waals surface area contributed by atoms with E-state index in [0.29, 0.717) is 29.3 Å². The predicted octanol–water partition coefficient (Wildman–Crippen LogP) is 2.38. The van der Waals surface area contributed by atoms with Gasteiger partial charge in [0.15, 0.2) is 5.84 Å². The smallest absolute Gasteiger partial charge is 0.252 e. The molecular weight excluding hydrogens is 304 g/mol. The molecule has 0 atom stereocenters. The van der Waals surface area contributed by atoms with E-state index >= 15 is 0 Å². The van der Waals surface area contributed by atoms with Gasteiger partial charge >= 0.3 is 0 Å². The van der Waals surface area contributed by atoms with Gasteiger partial charge < -0.3 is 4.74 Å². The highest BCUT2D eigenvalue weighted by Gasteiger charge is 2.37. The molecule has 0 aromatic rings. The van der Waals surface area contributed by atoms with Gasteiger partial charge in [-0.25, -0.2) is 9.98 Å². The average Bonchev–Trinajstić information content (AvgIpc) is 2.72. The van der Waals surface area contributed by atoms with Crippen LogP contribution in [0, 0.1) is 0 Å². The number of rotatable bonds is 5. The van der Waals surface area contributed by atoms with Gasteiger partial charge in [-0.15, -0.1) is 0 Å². The summed E-state index contributed by atoms with van der Waals surface area (Å²) in [6.07, 6.45) is 4.91. The van der Waals surface area contributed by atoms with Crippen LogP contribution in [0.1, 0.15) is 33.1 Å². The van der Waals surface area contributed by atoms with Gasteiger partial charge in [-0.1, -0.05) is 24.3 Å². The molecule has 120 valence electrons. The number of nitrogens with one attached hydrogen (secondary N) is 1. The molecule has 2 aliphatic rings. The molecule has 0 aromatic heterocycles. The fourth-order valence-electron chi connectivity index (χ4n) is 2.19. The summed E-state index contributed by atoms with van der Waals surface area (Å²) in [5.41, 5.74) is 0.499. The van der Waals surface area contributed by atoms with Crippen molar-refractivity contribution in [1.29, 1.82) is 0 Å². The fraction of sp³-hybridized carbons (Fsp3) is 0.533. The molecule has 0 bridgehead atoms. The van der Waals surface area contributed by atoms with Crippen molar-refractivity contribution in [2.24, 2.45) is 9.98 Å². The van der Waals surface area contributed by atoms with Gasteiger partial charge in [0.05, 0.1) is 0 Å². The largest absolute Gasteiger partial charge is 0.372 e. The highest BCUT2D eigenvalue weighted by atomic mass is 35.5. The Labute approximate surface area is 135 Å². The van der Waals surface area contributed by atoms with E-state index in [0.717, 1.165) is 19.3 Å². The number of hydrogen-bond acceptors (Lipinski definition) is 4. The van der Waals surface area contributed by atoms with E-state index in [-0.39, 0.29) is 18.6 Å². The highest BCUT2D eigenvalue weighted by molar-refractivity contribution is 6.30. The maximum Gasteiger partial charge on any atom is 0.252 e. The molecule has 1 N–H and O–H groups in total. The summed E-state index contributed by atoms with van der Waals surface area (Å²) in [6.45, 7) is 8.05. The van der Waals surface area contributed by atoms with E-state index in [1.54, 1.807) is 6.08 Å². The van der Waals surface area contributed by atoms with E-state index in [9.17, 15) is 4.79 Å². The van der Waals surface area contributed by atoms with Gasteiger partial charge in [0, 0.05) is 12.6 Å². The van der Waals surface area contributed by atoms with Crippen LogP contribution in [0.25, 0.3) is 0 Å². The van der Waals surface area contributed by atoms with Crippen molar-refractivity contribution in [3.63, 3.8) is 0 Å². The minimum atomic E-state index is -0.240. The Hall–Kier alpha value is -1.66. The number of carbonyl (C=O) groups is 1. The SMILES string of the molecule is C=C1N=C(NC(=O)COCC)N(C2CCC2)/C1=N/C(Cl)=C\C. The summed E-state index contributed by atoms with van der Waals surface area (Å²) in [5, 5.41) is 3.15. The van der Waals surface area contributed by atoms with E-state index in [2.05, 4.69) is 21.9 Å². The first-order valence-electron chi connectivity index (χ1n) is 7.42. The van der Waals surface area contributed by atoms with Crippen LogP contribution in [0.2, 0.25) is 0 Å². The van der Waals surface area contributed by atoms with Crippen LogP contribution < -0.4 is 5.32 Å². The van der Waals surface area contributed by atoms with Crippen LogP contribution in [0.4, 0.5) is 0 Å².